The lowest BCUT2D eigenvalue weighted by Gasteiger charge is -2.16. The molecular weight excluding hydrogens is 182 g/mol. The zero-order chi connectivity index (χ0) is 10.1. The molecule has 14 heavy (non-hydrogen) atoms. The van der Waals surface area contributed by atoms with Crippen LogP contribution in [-0.4, -0.2) is 11.8 Å². The molecule has 1 aromatic rings. The number of ether oxygens (including phenoxy) is 1. The van der Waals surface area contributed by atoms with E-state index in [0.717, 1.165) is 0 Å². The van der Waals surface area contributed by atoms with E-state index in [1.807, 2.05) is 0 Å². The molecule has 68 valence electrons. The molecule has 0 amide bonds. The van der Waals surface area contributed by atoms with Crippen molar-refractivity contribution in [3.8, 4) is 11.8 Å². The SMILES string of the molecule is N#CC1C(=O)Oc2ccccc2C1=O. The van der Waals surface area contributed by atoms with Crippen LogP contribution in [0.15, 0.2) is 24.3 Å². The van der Waals surface area contributed by atoms with Gasteiger partial charge >= 0.3 is 5.97 Å². The summed E-state index contributed by atoms with van der Waals surface area (Å²) in [6.07, 6.45) is 0. The second kappa shape index (κ2) is 2.96. The van der Waals surface area contributed by atoms with Crippen molar-refractivity contribution in [3.63, 3.8) is 0 Å². The van der Waals surface area contributed by atoms with Gasteiger partial charge in [0.2, 0.25) is 5.92 Å². The van der Waals surface area contributed by atoms with E-state index in [4.69, 9.17) is 10.00 Å². The topological polar surface area (TPSA) is 67.2 Å². The van der Waals surface area contributed by atoms with Gasteiger partial charge in [-0.25, -0.2) is 4.79 Å². The number of para-hydroxylation sites is 1. The Morgan fingerprint density at radius 2 is 2.00 bits per heavy atom. The van der Waals surface area contributed by atoms with Gasteiger partial charge in [0.1, 0.15) is 5.75 Å². The quantitative estimate of drug-likeness (QED) is 0.344. The minimum Gasteiger partial charge on any atom is -0.424 e. The largest absolute Gasteiger partial charge is 0.424 e. The molecule has 0 radical (unpaired) electrons. The van der Waals surface area contributed by atoms with Crippen molar-refractivity contribution >= 4 is 11.8 Å². The highest BCUT2D eigenvalue weighted by Crippen LogP contribution is 2.27. The molecule has 4 heteroatoms. The first-order valence-corrected chi connectivity index (χ1v) is 3.98. The van der Waals surface area contributed by atoms with Crippen molar-refractivity contribution in [1.82, 2.24) is 0 Å². The molecule has 0 saturated carbocycles. The number of esters is 1. The first-order chi connectivity index (χ1) is 6.74. The van der Waals surface area contributed by atoms with E-state index in [1.54, 1.807) is 18.2 Å². The van der Waals surface area contributed by atoms with Gasteiger partial charge in [-0.1, -0.05) is 12.1 Å². The summed E-state index contributed by atoms with van der Waals surface area (Å²) >= 11 is 0. The van der Waals surface area contributed by atoms with Crippen LogP contribution < -0.4 is 4.74 Å². The van der Waals surface area contributed by atoms with Gasteiger partial charge in [0, 0.05) is 0 Å². The second-order valence-corrected chi connectivity index (χ2v) is 2.84. The monoisotopic (exact) mass is 187 g/mol. The minimum atomic E-state index is -1.31. The maximum absolute atomic E-state index is 11.5. The molecule has 0 aliphatic carbocycles. The third-order valence-electron chi connectivity index (χ3n) is 1.99. The fourth-order valence-corrected chi connectivity index (χ4v) is 1.30. The molecule has 0 fully saturated rings. The number of carbonyl (C=O) groups excluding carboxylic acids is 2. The average molecular weight is 187 g/mol. The van der Waals surface area contributed by atoms with Gasteiger partial charge in [-0.3, -0.25) is 4.79 Å². The predicted molar refractivity (Wildman–Crippen MR) is 45.5 cm³/mol. The molecule has 1 heterocycles. The van der Waals surface area contributed by atoms with Crippen LogP contribution in [0.4, 0.5) is 0 Å². The van der Waals surface area contributed by atoms with Crippen molar-refractivity contribution in [2.75, 3.05) is 0 Å². The van der Waals surface area contributed by atoms with Crippen LogP contribution in [0.25, 0.3) is 0 Å². The molecule has 0 aromatic heterocycles. The number of fused-ring (bicyclic) bond motifs is 1. The third kappa shape index (κ3) is 1.07. The van der Waals surface area contributed by atoms with Crippen LogP contribution in [0, 0.1) is 17.2 Å². The fraction of sp³-hybridized carbons (Fsp3) is 0.100. The minimum absolute atomic E-state index is 0.231. The highest BCUT2D eigenvalue weighted by atomic mass is 16.5. The summed E-state index contributed by atoms with van der Waals surface area (Å²) in [5.74, 6) is -2.37. The van der Waals surface area contributed by atoms with Crippen LogP contribution >= 0.6 is 0 Å². The highest BCUT2D eigenvalue weighted by Gasteiger charge is 2.36. The summed E-state index contributed by atoms with van der Waals surface area (Å²) in [5.41, 5.74) is 0.290. The maximum Gasteiger partial charge on any atom is 0.336 e. The van der Waals surface area contributed by atoms with Gasteiger partial charge in [0.15, 0.2) is 5.78 Å². The Hall–Kier alpha value is -2.15. The zero-order valence-electron chi connectivity index (χ0n) is 7.06. The summed E-state index contributed by atoms with van der Waals surface area (Å²) in [6, 6.07) is 8.00. The number of hydrogen-bond acceptors (Lipinski definition) is 4. The molecule has 1 aromatic carbocycles. The number of nitrogens with zero attached hydrogens (tertiary/aromatic N) is 1. The molecular formula is C10H5NO3. The Morgan fingerprint density at radius 1 is 1.29 bits per heavy atom. The number of carbonyl (C=O) groups is 2. The van der Waals surface area contributed by atoms with Crippen molar-refractivity contribution in [3.05, 3.63) is 29.8 Å². The predicted octanol–water partition coefficient (Wildman–Crippen LogP) is 0.928. The molecule has 1 aliphatic rings. The lowest BCUT2D eigenvalue weighted by molar-refractivity contribution is -0.136. The van der Waals surface area contributed by atoms with E-state index in [-0.39, 0.29) is 5.75 Å². The van der Waals surface area contributed by atoms with Crippen molar-refractivity contribution in [2.45, 2.75) is 0 Å². The Labute approximate surface area is 79.7 Å². The number of Topliss-reactive ketones (excluding diaryl/α,β-unsaturated/α-hetero) is 1. The Morgan fingerprint density at radius 3 is 2.71 bits per heavy atom. The van der Waals surface area contributed by atoms with Crippen molar-refractivity contribution in [1.29, 1.82) is 5.26 Å². The molecule has 0 saturated heterocycles. The molecule has 0 bridgehead atoms. The van der Waals surface area contributed by atoms with E-state index in [2.05, 4.69) is 0 Å². The molecule has 4 nitrogen and oxygen atoms in total. The van der Waals surface area contributed by atoms with E-state index < -0.39 is 17.7 Å². The summed E-state index contributed by atoms with van der Waals surface area (Å²) in [5, 5.41) is 8.59. The third-order valence-corrected chi connectivity index (χ3v) is 1.99. The van der Waals surface area contributed by atoms with Crippen molar-refractivity contribution in [2.24, 2.45) is 5.92 Å². The molecule has 1 atom stereocenters. The first-order valence-electron chi connectivity index (χ1n) is 3.98. The standard InChI is InChI=1S/C10H5NO3/c11-5-7-9(12)6-3-1-2-4-8(6)14-10(7)13/h1-4,7H. The van der Waals surface area contributed by atoms with E-state index in [0.29, 0.717) is 5.56 Å². The van der Waals surface area contributed by atoms with Gasteiger partial charge < -0.3 is 4.74 Å². The average Bonchev–Trinajstić information content (AvgIpc) is 2.18. The van der Waals surface area contributed by atoms with Crippen LogP contribution in [0.5, 0.6) is 5.75 Å². The van der Waals surface area contributed by atoms with Crippen molar-refractivity contribution < 1.29 is 14.3 Å². The fourth-order valence-electron chi connectivity index (χ4n) is 1.30. The Bertz CT molecular complexity index is 459. The first kappa shape index (κ1) is 8.45. The van der Waals surface area contributed by atoms with Crippen LogP contribution in [-0.2, 0) is 4.79 Å². The molecule has 0 spiro atoms. The summed E-state index contributed by atoms with van der Waals surface area (Å²) in [4.78, 5) is 22.7. The van der Waals surface area contributed by atoms with Crippen LogP contribution in [0.3, 0.4) is 0 Å². The Balaban J connectivity index is 2.55. The molecule has 1 unspecified atom stereocenters. The van der Waals surface area contributed by atoms with Gasteiger partial charge in [0.05, 0.1) is 11.6 Å². The van der Waals surface area contributed by atoms with Gasteiger partial charge in [-0.2, -0.15) is 5.26 Å². The van der Waals surface area contributed by atoms with Gasteiger partial charge in [0.25, 0.3) is 0 Å². The molecule has 0 N–H and O–H groups in total. The highest BCUT2D eigenvalue weighted by molar-refractivity contribution is 6.15. The molecule has 1 aliphatic heterocycles. The number of rotatable bonds is 0. The van der Waals surface area contributed by atoms with Crippen LogP contribution in [0.1, 0.15) is 10.4 Å². The number of ketones is 1. The number of nitriles is 1. The van der Waals surface area contributed by atoms with E-state index in [9.17, 15) is 9.59 Å². The second-order valence-electron chi connectivity index (χ2n) is 2.84. The summed E-state index contributed by atoms with van der Waals surface area (Å²) in [6.45, 7) is 0. The summed E-state index contributed by atoms with van der Waals surface area (Å²) in [7, 11) is 0. The van der Waals surface area contributed by atoms with E-state index in [1.165, 1.54) is 12.1 Å². The Kier molecular flexibility index (Phi) is 1.79. The van der Waals surface area contributed by atoms with E-state index >= 15 is 0 Å². The van der Waals surface area contributed by atoms with Gasteiger partial charge in [-0.15, -0.1) is 0 Å². The molecule has 2 rings (SSSR count). The maximum atomic E-state index is 11.5. The smallest absolute Gasteiger partial charge is 0.336 e. The number of benzene rings is 1. The van der Waals surface area contributed by atoms with Gasteiger partial charge in [-0.05, 0) is 12.1 Å². The normalized spacial score (nSPS) is 19.5. The van der Waals surface area contributed by atoms with Crippen LogP contribution in [0.2, 0.25) is 0 Å². The number of hydrogen-bond donors (Lipinski definition) is 0. The lowest BCUT2D eigenvalue weighted by atomic mass is 9.96. The lowest BCUT2D eigenvalue weighted by Crippen LogP contribution is -2.32. The summed E-state index contributed by atoms with van der Waals surface area (Å²) < 4.78 is 4.82. The zero-order valence-corrected chi connectivity index (χ0v) is 7.06.